The number of amidine groups is 1. The normalized spacial score (nSPS) is 14.2. The van der Waals surface area contributed by atoms with Gasteiger partial charge in [0.15, 0.2) is 0 Å². The third kappa shape index (κ3) is 2.89. The predicted molar refractivity (Wildman–Crippen MR) is 63.4 cm³/mol. The maximum atomic E-state index is 5.60. The number of benzene rings is 1. The van der Waals surface area contributed by atoms with Crippen LogP contribution in [-0.4, -0.2) is 32.1 Å². The Morgan fingerprint density at radius 1 is 1.31 bits per heavy atom. The van der Waals surface area contributed by atoms with Gasteiger partial charge in [-0.3, -0.25) is 4.99 Å². The third-order valence-electron chi connectivity index (χ3n) is 2.24. The smallest absolute Gasteiger partial charge is 0.145 e. The zero-order valence-electron chi connectivity index (χ0n) is 9.40. The molecule has 0 saturated carbocycles. The molecular weight excluding hydrogens is 204 g/mol. The Morgan fingerprint density at radius 2 is 2.12 bits per heavy atom. The zero-order valence-corrected chi connectivity index (χ0v) is 9.40. The molecule has 0 amide bonds. The molecule has 1 N–H and O–H groups in total. The lowest BCUT2D eigenvalue weighted by Gasteiger charge is -2.08. The second-order valence-electron chi connectivity index (χ2n) is 3.45. The molecule has 0 spiro atoms. The van der Waals surface area contributed by atoms with Crippen molar-refractivity contribution in [2.45, 2.75) is 6.92 Å². The quantitative estimate of drug-likeness (QED) is 0.817. The van der Waals surface area contributed by atoms with E-state index in [2.05, 4.69) is 10.3 Å². The molecular formula is C12H16N2O2. The maximum Gasteiger partial charge on any atom is 0.145 e. The largest absolute Gasteiger partial charge is 0.494 e. The molecule has 0 radical (unpaired) electrons. The van der Waals surface area contributed by atoms with Crippen LogP contribution in [0.1, 0.15) is 6.92 Å². The van der Waals surface area contributed by atoms with Crippen LogP contribution in [0.3, 0.4) is 0 Å². The molecule has 86 valence electrons. The summed E-state index contributed by atoms with van der Waals surface area (Å²) in [4.78, 5) is 4.26. The minimum atomic E-state index is 0.496. The van der Waals surface area contributed by atoms with Crippen LogP contribution in [-0.2, 0) is 0 Å². The SMILES string of the molecule is CCOc1cccc(OCC2=NCCN2)c1. The Labute approximate surface area is 95.3 Å². The van der Waals surface area contributed by atoms with Crippen LogP contribution in [0.25, 0.3) is 0 Å². The van der Waals surface area contributed by atoms with Gasteiger partial charge in [0.05, 0.1) is 13.2 Å². The van der Waals surface area contributed by atoms with Crippen molar-refractivity contribution in [1.82, 2.24) is 5.32 Å². The number of nitrogens with one attached hydrogen (secondary N) is 1. The van der Waals surface area contributed by atoms with Crippen molar-refractivity contribution >= 4 is 5.84 Å². The van der Waals surface area contributed by atoms with Crippen LogP contribution in [0.2, 0.25) is 0 Å². The zero-order chi connectivity index (χ0) is 11.2. The van der Waals surface area contributed by atoms with Gasteiger partial charge in [-0.1, -0.05) is 6.07 Å². The van der Waals surface area contributed by atoms with Crippen LogP contribution in [0.4, 0.5) is 0 Å². The van der Waals surface area contributed by atoms with E-state index in [0.29, 0.717) is 13.2 Å². The molecule has 0 saturated heterocycles. The number of ether oxygens (including phenoxy) is 2. The van der Waals surface area contributed by atoms with Gasteiger partial charge in [0, 0.05) is 12.6 Å². The van der Waals surface area contributed by atoms with E-state index < -0.39 is 0 Å². The first-order valence-electron chi connectivity index (χ1n) is 5.51. The molecule has 1 heterocycles. The molecule has 0 fully saturated rings. The Hall–Kier alpha value is -1.71. The molecule has 1 aromatic carbocycles. The van der Waals surface area contributed by atoms with Crippen molar-refractivity contribution in [3.8, 4) is 11.5 Å². The van der Waals surface area contributed by atoms with Gasteiger partial charge in [0.2, 0.25) is 0 Å². The molecule has 0 atom stereocenters. The predicted octanol–water partition coefficient (Wildman–Crippen LogP) is 1.47. The lowest BCUT2D eigenvalue weighted by Crippen LogP contribution is -2.24. The van der Waals surface area contributed by atoms with Gasteiger partial charge in [-0.25, -0.2) is 0 Å². The number of hydrogen-bond donors (Lipinski definition) is 1. The van der Waals surface area contributed by atoms with Crippen LogP contribution in [0, 0.1) is 0 Å². The lowest BCUT2D eigenvalue weighted by molar-refractivity contribution is 0.332. The topological polar surface area (TPSA) is 42.9 Å². The van der Waals surface area contributed by atoms with Gasteiger partial charge in [-0.2, -0.15) is 0 Å². The summed E-state index contributed by atoms with van der Waals surface area (Å²) in [5.74, 6) is 2.56. The van der Waals surface area contributed by atoms with Crippen molar-refractivity contribution in [2.24, 2.45) is 4.99 Å². The second-order valence-corrected chi connectivity index (χ2v) is 3.45. The van der Waals surface area contributed by atoms with Crippen molar-refractivity contribution in [2.75, 3.05) is 26.3 Å². The second kappa shape index (κ2) is 5.39. The number of nitrogens with zero attached hydrogens (tertiary/aromatic N) is 1. The van der Waals surface area contributed by atoms with Gasteiger partial charge >= 0.3 is 0 Å². The highest BCUT2D eigenvalue weighted by Gasteiger charge is 2.05. The summed E-state index contributed by atoms with van der Waals surface area (Å²) in [6, 6.07) is 7.64. The highest BCUT2D eigenvalue weighted by Crippen LogP contribution is 2.19. The molecule has 0 unspecified atom stereocenters. The summed E-state index contributed by atoms with van der Waals surface area (Å²) in [5.41, 5.74) is 0. The van der Waals surface area contributed by atoms with E-state index in [1.807, 2.05) is 31.2 Å². The molecule has 0 aliphatic carbocycles. The van der Waals surface area contributed by atoms with E-state index in [0.717, 1.165) is 30.4 Å². The van der Waals surface area contributed by atoms with Crippen molar-refractivity contribution < 1.29 is 9.47 Å². The highest BCUT2D eigenvalue weighted by molar-refractivity contribution is 5.84. The van der Waals surface area contributed by atoms with Crippen molar-refractivity contribution in [3.63, 3.8) is 0 Å². The van der Waals surface area contributed by atoms with Gasteiger partial charge < -0.3 is 14.8 Å². The lowest BCUT2D eigenvalue weighted by atomic mass is 10.3. The minimum absolute atomic E-state index is 0.496. The average molecular weight is 220 g/mol. The fourth-order valence-electron chi connectivity index (χ4n) is 1.52. The van der Waals surface area contributed by atoms with E-state index in [1.54, 1.807) is 0 Å². The van der Waals surface area contributed by atoms with Crippen molar-refractivity contribution in [3.05, 3.63) is 24.3 Å². The number of aliphatic imine (C=N–C) groups is 1. The summed E-state index contributed by atoms with van der Waals surface area (Å²) in [7, 11) is 0. The molecule has 16 heavy (non-hydrogen) atoms. The fourth-order valence-corrected chi connectivity index (χ4v) is 1.52. The Balaban J connectivity index is 1.90. The minimum Gasteiger partial charge on any atom is -0.494 e. The summed E-state index contributed by atoms with van der Waals surface area (Å²) in [6.45, 7) is 4.88. The summed E-state index contributed by atoms with van der Waals surface area (Å²) in [5, 5.41) is 3.16. The molecule has 1 aliphatic rings. The molecule has 0 aromatic heterocycles. The van der Waals surface area contributed by atoms with Gasteiger partial charge in [0.1, 0.15) is 23.9 Å². The molecule has 2 rings (SSSR count). The van der Waals surface area contributed by atoms with E-state index in [1.165, 1.54) is 0 Å². The van der Waals surface area contributed by atoms with E-state index in [-0.39, 0.29) is 0 Å². The van der Waals surface area contributed by atoms with Crippen LogP contribution < -0.4 is 14.8 Å². The Bertz CT molecular complexity index is 377. The van der Waals surface area contributed by atoms with E-state index in [4.69, 9.17) is 9.47 Å². The first kappa shape index (κ1) is 10.8. The molecule has 1 aliphatic heterocycles. The van der Waals surface area contributed by atoms with Crippen LogP contribution in [0.5, 0.6) is 11.5 Å². The summed E-state index contributed by atoms with van der Waals surface area (Å²) >= 11 is 0. The van der Waals surface area contributed by atoms with Gasteiger partial charge in [0.25, 0.3) is 0 Å². The number of rotatable bonds is 5. The van der Waals surface area contributed by atoms with E-state index >= 15 is 0 Å². The molecule has 4 nitrogen and oxygen atoms in total. The standard InChI is InChI=1S/C12H16N2O2/c1-2-15-10-4-3-5-11(8-10)16-9-12-13-6-7-14-12/h3-5,8H,2,6-7,9H2,1H3,(H,13,14). The molecule has 0 bridgehead atoms. The average Bonchev–Trinajstić information content (AvgIpc) is 2.80. The van der Waals surface area contributed by atoms with E-state index in [9.17, 15) is 0 Å². The summed E-state index contributed by atoms with van der Waals surface area (Å²) < 4.78 is 11.0. The Morgan fingerprint density at radius 3 is 2.81 bits per heavy atom. The first-order valence-corrected chi connectivity index (χ1v) is 5.51. The highest BCUT2D eigenvalue weighted by atomic mass is 16.5. The Kier molecular flexibility index (Phi) is 3.64. The van der Waals surface area contributed by atoms with Gasteiger partial charge in [-0.15, -0.1) is 0 Å². The molecule has 1 aromatic rings. The third-order valence-corrected chi connectivity index (χ3v) is 2.24. The molecule has 4 heteroatoms. The summed E-state index contributed by atoms with van der Waals surface area (Å²) in [6.07, 6.45) is 0. The fraction of sp³-hybridized carbons (Fsp3) is 0.417. The monoisotopic (exact) mass is 220 g/mol. The maximum absolute atomic E-state index is 5.60. The van der Waals surface area contributed by atoms with Crippen LogP contribution in [0.15, 0.2) is 29.3 Å². The van der Waals surface area contributed by atoms with Crippen LogP contribution >= 0.6 is 0 Å². The van der Waals surface area contributed by atoms with Crippen molar-refractivity contribution in [1.29, 1.82) is 0 Å². The van der Waals surface area contributed by atoms with Gasteiger partial charge in [-0.05, 0) is 19.1 Å². The first-order chi connectivity index (χ1) is 7.88. The number of hydrogen-bond acceptors (Lipinski definition) is 4.